The molecule has 1 amide bonds. The van der Waals surface area contributed by atoms with Gasteiger partial charge < -0.3 is 14.7 Å². The van der Waals surface area contributed by atoms with Gasteiger partial charge in [0.25, 0.3) is 0 Å². The van der Waals surface area contributed by atoms with Crippen LogP contribution in [0.25, 0.3) is 11.4 Å². The topological polar surface area (TPSA) is 84.2 Å². The molecule has 0 spiro atoms. The van der Waals surface area contributed by atoms with Gasteiger partial charge in [-0.25, -0.2) is 4.98 Å². The van der Waals surface area contributed by atoms with Gasteiger partial charge in [0.2, 0.25) is 17.6 Å². The van der Waals surface area contributed by atoms with Gasteiger partial charge in [-0.2, -0.15) is 4.98 Å². The molecule has 0 radical (unpaired) electrons. The molecule has 7 heteroatoms. The molecule has 5 rings (SSSR count). The van der Waals surface area contributed by atoms with Crippen LogP contribution in [-0.2, 0) is 4.79 Å². The Morgan fingerprint density at radius 1 is 1.10 bits per heavy atom. The van der Waals surface area contributed by atoms with Crippen molar-refractivity contribution in [1.29, 1.82) is 0 Å². The second kappa shape index (κ2) is 8.13. The molecular weight excluding hydrogens is 366 g/mol. The fraction of sp³-hybridized carbons (Fsp3) is 0.636. The average molecular weight is 396 g/mol. The first-order valence-corrected chi connectivity index (χ1v) is 11.1. The lowest BCUT2D eigenvalue weighted by Gasteiger charge is -2.34. The van der Waals surface area contributed by atoms with Crippen LogP contribution in [0.3, 0.4) is 0 Å². The van der Waals surface area contributed by atoms with Crippen molar-refractivity contribution in [3.63, 3.8) is 0 Å². The van der Waals surface area contributed by atoms with Crippen LogP contribution < -0.4 is 10.2 Å². The Balaban J connectivity index is 1.32. The summed E-state index contributed by atoms with van der Waals surface area (Å²) in [6.45, 7) is 1.58. The summed E-state index contributed by atoms with van der Waals surface area (Å²) < 4.78 is 5.53. The van der Waals surface area contributed by atoms with E-state index in [0.29, 0.717) is 24.3 Å². The number of rotatable bonds is 5. The zero-order chi connectivity index (χ0) is 19.6. The number of hydrogen-bond acceptors (Lipinski definition) is 6. The van der Waals surface area contributed by atoms with Crippen LogP contribution in [0.4, 0.5) is 5.82 Å². The number of nitrogens with one attached hydrogen (secondary N) is 1. The molecule has 29 heavy (non-hydrogen) atoms. The highest BCUT2D eigenvalue weighted by atomic mass is 16.5. The number of nitrogens with zero attached hydrogens (tertiary/aromatic N) is 4. The lowest BCUT2D eigenvalue weighted by molar-refractivity contribution is -0.125. The summed E-state index contributed by atoms with van der Waals surface area (Å²) in [7, 11) is 0. The third-order valence-corrected chi connectivity index (χ3v) is 6.72. The minimum absolute atomic E-state index is 0.00927. The maximum atomic E-state index is 12.8. The van der Waals surface area contributed by atoms with Crippen molar-refractivity contribution >= 4 is 11.7 Å². The number of carbonyl (C=O) groups is 1. The number of aromatic nitrogens is 3. The summed E-state index contributed by atoms with van der Waals surface area (Å²) in [4.78, 5) is 24.3. The number of anilines is 1. The number of hydrogen-bond donors (Lipinski definition) is 1. The van der Waals surface area contributed by atoms with Gasteiger partial charge in [0, 0.05) is 31.2 Å². The van der Waals surface area contributed by atoms with Gasteiger partial charge >= 0.3 is 0 Å². The summed E-state index contributed by atoms with van der Waals surface area (Å²) >= 11 is 0. The van der Waals surface area contributed by atoms with Crippen LogP contribution in [0.1, 0.15) is 69.6 Å². The molecule has 2 aromatic heterocycles. The van der Waals surface area contributed by atoms with E-state index in [-0.39, 0.29) is 11.8 Å². The molecule has 1 atom stereocenters. The van der Waals surface area contributed by atoms with Crippen LogP contribution >= 0.6 is 0 Å². The molecule has 3 heterocycles. The third-order valence-electron chi connectivity index (χ3n) is 6.72. The lowest BCUT2D eigenvalue weighted by Crippen LogP contribution is -2.45. The highest BCUT2D eigenvalue weighted by Crippen LogP contribution is 2.37. The van der Waals surface area contributed by atoms with E-state index < -0.39 is 0 Å². The Kier molecular flexibility index (Phi) is 5.21. The first kappa shape index (κ1) is 18.6. The average Bonchev–Trinajstić information content (AvgIpc) is 3.39. The fourth-order valence-electron chi connectivity index (χ4n) is 4.76. The molecule has 3 fully saturated rings. The molecule has 1 N–H and O–H groups in total. The zero-order valence-corrected chi connectivity index (χ0v) is 16.8. The molecule has 1 saturated heterocycles. The van der Waals surface area contributed by atoms with Gasteiger partial charge in [-0.15, -0.1) is 0 Å². The van der Waals surface area contributed by atoms with E-state index in [1.54, 1.807) is 6.20 Å². The van der Waals surface area contributed by atoms with Crippen molar-refractivity contribution < 1.29 is 9.32 Å². The molecule has 0 bridgehead atoms. The van der Waals surface area contributed by atoms with E-state index in [2.05, 4.69) is 25.3 Å². The van der Waals surface area contributed by atoms with Crippen LogP contribution in [-0.4, -0.2) is 40.2 Å². The smallest absolute Gasteiger partial charge is 0.230 e. The Bertz CT molecular complexity index is 856. The van der Waals surface area contributed by atoms with Crippen molar-refractivity contribution in [2.45, 2.75) is 69.7 Å². The summed E-state index contributed by atoms with van der Waals surface area (Å²) in [5.41, 5.74) is 0.888. The highest BCUT2D eigenvalue weighted by Gasteiger charge is 2.31. The third kappa shape index (κ3) is 3.87. The number of piperidine rings is 1. The van der Waals surface area contributed by atoms with E-state index in [1.165, 1.54) is 19.3 Å². The molecular formula is C22H29N5O2. The van der Waals surface area contributed by atoms with Crippen molar-refractivity contribution in [1.82, 2.24) is 20.4 Å². The number of pyridine rings is 1. The minimum atomic E-state index is 0.00927. The largest absolute Gasteiger partial charge is 0.355 e. The molecule has 1 aliphatic heterocycles. The predicted octanol–water partition coefficient (Wildman–Crippen LogP) is 3.67. The normalized spacial score (nSPS) is 23.2. The molecule has 3 aliphatic rings. The van der Waals surface area contributed by atoms with Crippen LogP contribution in [0.5, 0.6) is 0 Å². The standard InChI is InChI=1S/C22H29N5O2/c28-21(24-17-9-1-2-10-17)16-8-5-13-27(14-16)20-18(11-4-12-23-20)19-25-22(29-26-19)15-6-3-7-15/h4,11-12,15-17H,1-3,5-10,13-14H2,(H,24,28). The van der Waals surface area contributed by atoms with Gasteiger partial charge in [0.05, 0.1) is 11.5 Å². The maximum Gasteiger partial charge on any atom is 0.230 e. The van der Waals surface area contributed by atoms with Crippen molar-refractivity contribution in [2.75, 3.05) is 18.0 Å². The van der Waals surface area contributed by atoms with E-state index in [9.17, 15) is 4.79 Å². The monoisotopic (exact) mass is 395 g/mol. The second-order valence-corrected chi connectivity index (χ2v) is 8.73. The quantitative estimate of drug-likeness (QED) is 0.831. The Hall–Kier alpha value is -2.44. The van der Waals surface area contributed by atoms with Gasteiger partial charge in [0.15, 0.2) is 0 Å². The summed E-state index contributed by atoms with van der Waals surface area (Å²) in [6.07, 6.45) is 11.9. The minimum Gasteiger partial charge on any atom is -0.355 e. The van der Waals surface area contributed by atoms with E-state index >= 15 is 0 Å². The summed E-state index contributed by atoms with van der Waals surface area (Å²) in [5.74, 6) is 2.82. The summed E-state index contributed by atoms with van der Waals surface area (Å²) in [6, 6.07) is 4.28. The Morgan fingerprint density at radius 2 is 1.97 bits per heavy atom. The highest BCUT2D eigenvalue weighted by molar-refractivity contribution is 5.80. The van der Waals surface area contributed by atoms with Crippen molar-refractivity contribution in [3.05, 3.63) is 24.2 Å². The molecule has 2 saturated carbocycles. The number of carbonyl (C=O) groups excluding carboxylic acids is 1. The Labute approximate surface area is 171 Å². The molecule has 2 aromatic rings. The molecule has 1 unspecified atom stereocenters. The van der Waals surface area contributed by atoms with Crippen LogP contribution in [0.2, 0.25) is 0 Å². The molecule has 154 valence electrons. The fourth-order valence-corrected chi connectivity index (χ4v) is 4.76. The van der Waals surface area contributed by atoms with Crippen LogP contribution in [0, 0.1) is 5.92 Å². The summed E-state index contributed by atoms with van der Waals surface area (Å²) in [5, 5.41) is 7.51. The zero-order valence-electron chi connectivity index (χ0n) is 16.8. The van der Waals surface area contributed by atoms with Gasteiger partial charge in [0.1, 0.15) is 5.82 Å². The first-order chi connectivity index (χ1) is 14.3. The Morgan fingerprint density at radius 3 is 2.76 bits per heavy atom. The van der Waals surface area contributed by atoms with Gasteiger partial charge in [-0.1, -0.05) is 24.4 Å². The molecule has 0 aromatic carbocycles. The first-order valence-electron chi connectivity index (χ1n) is 11.1. The van der Waals surface area contributed by atoms with Crippen molar-refractivity contribution in [3.8, 4) is 11.4 Å². The van der Waals surface area contributed by atoms with Gasteiger partial charge in [-0.05, 0) is 50.7 Å². The molecule has 7 nitrogen and oxygen atoms in total. The SMILES string of the molecule is O=C(NC1CCCC1)C1CCCN(c2ncccc2-c2noc(C3CCC3)n2)C1. The second-order valence-electron chi connectivity index (χ2n) is 8.73. The van der Waals surface area contributed by atoms with E-state index in [0.717, 1.165) is 62.3 Å². The predicted molar refractivity (Wildman–Crippen MR) is 109 cm³/mol. The molecule has 2 aliphatic carbocycles. The van der Waals surface area contributed by atoms with Crippen molar-refractivity contribution in [2.24, 2.45) is 5.92 Å². The maximum absolute atomic E-state index is 12.8. The van der Waals surface area contributed by atoms with E-state index in [1.807, 2.05) is 12.1 Å². The van der Waals surface area contributed by atoms with Gasteiger partial charge in [-0.3, -0.25) is 4.79 Å². The van der Waals surface area contributed by atoms with Crippen LogP contribution in [0.15, 0.2) is 22.9 Å². The van der Waals surface area contributed by atoms with E-state index in [4.69, 9.17) is 4.52 Å². The number of amides is 1. The lowest BCUT2D eigenvalue weighted by atomic mass is 9.85.